The van der Waals surface area contributed by atoms with E-state index in [0.29, 0.717) is 10.7 Å². The molecular formula is C17H15ClN4O. The Labute approximate surface area is 138 Å². The molecule has 1 amide bonds. The van der Waals surface area contributed by atoms with Crippen LogP contribution in [0.5, 0.6) is 0 Å². The van der Waals surface area contributed by atoms with Gasteiger partial charge in [0.1, 0.15) is 6.54 Å². The second-order valence-corrected chi connectivity index (χ2v) is 5.55. The predicted octanol–water partition coefficient (Wildman–Crippen LogP) is 3.55. The molecule has 0 atom stereocenters. The van der Waals surface area contributed by atoms with Crippen molar-refractivity contribution in [2.24, 2.45) is 0 Å². The summed E-state index contributed by atoms with van der Waals surface area (Å²) in [4.78, 5) is 16.3. The molecule has 0 fully saturated rings. The lowest BCUT2D eigenvalue weighted by molar-refractivity contribution is -0.116. The first kappa shape index (κ1) is 15.2. The molecule has 0 spiro atoms. The maximum atomic E-state index is 12.3. The van der Waals surface area contributed by atoms with E-state index in [4.69, 9.17) is 11.6 Å². The Kier molecular flexibility index (Phi) is 4.39. The van der Waals surface area contributed by atoms with Crippen molar-refractivity contribution >= 4 is 23.2 Å². The van der Waals surface area contributed by atoms with E-state index in [2.05, 4.69) is 15.4 Å². The molecule has 0 aliphatic rings. The van der Waals surface area contributed by atoms with Crippen molar-refractivity contribution in [3.8, 4) is 11.3 Å². The molecule has 0 aliphatic heterocycles. The Morgan fingerprint density at radius 1 is 1.17 bits per heavy atom. The number of hydrogen-bond donors (Lipinski definition) is 1. The van der Waals surface area contributed by atoms with Crippen molar-refractivity contribution in [3.05, 3.63) is 65.6 Å². The summed E-state index contributed by atoms with van der Waals surface area (Å²) in [5.41, 5.74) is 3.45. The fraction of sp³-hybridized carbons (Fsp3) is 0.118. The van der Waals surface area contributed by atoms with Crippen LogP contribution in [0.3, 0.4) is 0 Å². The average Bonchev–Trinajstić information content (AvgIpc) is 2.99. The van der Waals surface area contributed by atoms with Crippen LogP contribution in [0.4, 0.5) is 5.69 Å². The monoisotopic (exact) mass is 326 g/mol. The molecule has 0 unspecified atom stereocenters. The molecule has 2 heterocycles. The van der Waals surface area contributed by atoms with Gasteiger partial charge < -0.3 is 5.32 Å². The van der Waals surface area contributed by atoms with Gasteiger partial charge in [-0.15, -0.1) is 0 Å². The number of amides is 1. The molecule has 2 aromatic heterocycles. The molecule has 1 N–H and O–H groups in total. The van der Waals surface area contributed by atoms with Crippen LogP contribution < -0.4 is 5.32 Å². The highest BCUT2D eigenvalue weighted by Gasteiger charge is 2.11. The number of aromatic nitrogens is 3. The maximum Gasteiger partial charge on any atom is 0.246 e. The SMILES string of the molecule is Cc1ccc(NC(=O)Cn2nccc2-c2ccncc2)c(Cl)c1. The molecule has 0 bridgehead atoms. The van der Waals surface area contributed by atoms with Crippen LogP contribution in [0.2, 0.25) is 5.02 Å². The summed E-state index contributed by atoms with van der Waals surface area (Å²) in [7, 11) is 0. The van der Waals surface area contributed by atoms with Gasteiger partial charge >= 0.3 is 0 Å². The summed E-state index contributed by atoms with van der Waals surface area (Å²) in [6, 6.07) is 11.1. The molecule has 3 rings (SSSR count). The van der Waals surface area contributed by atoms with Crippen molar-refractivity contribution in [3.63, 3.8) is 0 Å². The van der Waals surface area contributed by atoms with Gasteiger partial charge in [0, 0.05) is 24.2 Å². The van der Waals surface area contributed by atoms with E-state index in [1.807, 2.05) is 37.3 Å². The molecule has 23 heavy (non-hydrogen) atoms. The Balaban J connectivity index is 1.75. The van der Waals surface area contributed by atoms with Crippen molar-refractivity contribution in [2.45, 2.75) is 13.5 Å². The van der Waals surface area contributed by atoms with Crippen LogP contribution in [-0.2, 0) is 11.3 Å². The zero-order valence-corrected chi connectivity index (χ0v) is 13.3. The van der Waals surface area contributed by atoms with Crippen molar-refractivity contribution in [1.82, 2.24) is 14.8 Å². The van der Waals surface area contributed by atoms with Gasteiger partial charge in [-0.3, -0.25) is 14.5 Å². The molecule has 0 aliphatic carbocycles. The molecule has 3 aromatic rings. The Hall–Kier alpha value is -2.66. The third-order valence-corrected chi connectivity index (χ3v) is 3.70. The predicted molar refractivity (Wildman–Crippen MR) is 90.3 cm³/mol. The van der Waals surface area contributed by atoms with Gasteiger partial charge in [0.2, 0.25) is 5.91 Å². The quantitative estimate of drug-likeness (QED) is 0.797. The van der Waals surface area contributed by atoms with Gasteiger partial charge in [-0.25, -0.2) is 0 Å². The highest BCUT2D eigenvalue weighted by atomic mass is 35.5. The summed E-state index contributed by atoms with van der Waals surface area (Å²) in [5, 5.41) is 7.54. The number of pyridine rings is 1. The van der Waals surface area contributed by atoms with E-state index in [-0.39, 0.29) is 12.5 Å². The third kappa shape index (κ3) is 3.57. The lowest BCUT2D eigenvalue weighted by Gasteiger charge is -2.10. The number of benzene rings is 1. The molecule has 0 saturated carbocycles. The number of nitrogens with one attached hydrogen (secondary N) is 1. The maximum absolute atomic E-state index is 12.3. The number of nitrogens with zero attached hydrogens (tertiary/aromatic N) is 3. The first-order chi connectivity index (χ1) is 11.1. The Bertz CT molecular complexity index is 830. The van der Waals surface area contributed by atoms with Gasteiger partial charge in [0.15, 0.2) is 0 Å². The van der Waals surface area contributed by atoms with Crippen LogP contribution >= 0.6 is 11.6 Å². The molecular weight excluding hydrogens is 312 g/mol. The summed E-state index contributed by atoms with van der Waals surface area (Å²) in [6.07, 6.45) is 5.08. The molecule has 1 aromatic carbocycles. The smallest absolute Gasteiger partial charge is 0.246 e. The standard InChI is InChI=1S/C17H15ClN4O/c1-12-2-3-15(14(18)10-12)21-17(23)11-22-16(6-9-20-22)13-4-7-19-8-5-13/h2-10H,11H2,1H3,(H,21,23). The highest BCUT2D eigenvalue weighted by Crippen LogP contribution is 2.23. The van der Waals surface area contributed by atoms with Gasteiger partial charge in [-0.2, -0.15) is 5.10 Å². The number of carbonyl (C=O) groups is 1. The number of hydrogen-bond acceptors (Lipinski definition) is 3. The van der Waals surface area contributed by atoms with E-state index in [1.54, 1.807) is 29.3 Å². The van der Waals surface area contributed by atoms with E-state index < -0.39 is 0 Å². The summed E-state index contributed by atoms with van der Waals surface area (Å²) < 4.78 is 1.65. The minimum atomic E-state index is -0.185. The molecule has 0 saturated heterocycles. The van der Waals surface area contributed by atoms with Gasteiger partial charge in [-0.1, -0.05) is 17.7 Å². The number of aryl methyl sites for hydroxylation is 1. The summed E-state index contributed by atoms with van der Waals surface area (Å²) in [5.74, 6) is -0.185. The van der Waals surface area contributed by atoms with Crippen LogP contribution in [0, 0.1) is 6.92 Å². The first-order valence-electron chi connectivity index (χ1n) is 7.12. The minimum absolute atomic E-state index is 0.106. The fourth-order valence-corrected chi connectivity index (χ4v) is 2.56. The number of rotatable bonds is 4. The highest BCUT2D eigenvalue weighted by molar-refractivity contribution is 6.33. The second-order valence-electron chi connectivity index (χ2n) is 5.14. The Morgan fingerprint density at radius 3 is 2.70 bits per heavy atom. The zero-order valence-electron chi connectivity index (χ0n) is 12.5. The van der Waals surface area contributed by atoms with Crippen molar-refractivity contribution in [2.75, 3.05) is 5.32 Å². The molecule has 5 nitrogen and oxygen atoms in total. The average molecular weight is 327 g/mol. The normalized spacial score (nSPS) is 10.5. The van der Waals surface area contributed by atoms with Crippen LogP contribution in [-0.4, -0.2) is 20.7 Å². The summed E-state index contributed by atoms with van der Waals surface area (Å²) in [6.45, 7) is 2.05. The fourth-order valence-electron chi connectivity index (χ4n) is 2.27. The number of anilines is 1. The van der Waals surface area contributed by atoms with Crippen molar-refractivity contribution in [1.29, 1.82) is 0 Å². The second kappa shape index (κ2) is 6.62. The molecule has 0 radical (unpaired) electrons. The Morgan fingerprint density at radius 2 is 1.96 bits per heavy atom. The lowest BCUT2D eigenvalue weighted by atomic mass is 10.2. The van der Waals surface area contributed by atoms with Gasteiger partial charge in [0.25, 0.3) is 0 Å². The van der Waals surface area contributed by atoms with E-state index in [9.17, 15) is 4.79 Å². The van der Waals surface area contributed by atoms with Gasteiger partial charge in [-0.05, 0) is 42.8 Å². The number of carbonyl (C=O) groups excluding carboxylic acids is 1. The minimum Gasteiger partial charge on any atom is -0.323 e. The van der Waals surface area contributed by atoms with Crippen LogP contribution in [0.25, 0.3) is 11.3 Å². The van der Waals surface area contributed by atoms with Crippen LogP contribution in [0.15, 0.2) is 55.0 Å². The van der Waals surface area contributed by atoms with E-state index in [1.165, 1.54) is 0 Å². The third-order valence-electron chi connectivity index (χ3n) is 3.38. The first-order valence-corrected chi connectivity index (χ1v) is 7.49. The zero-order chi connectivity index (χ0) is 16.2. The number of halogens is 1. The van der Waals surface area contributed by atoms with Crippen LogP contribution in [0.1, 0.15) is 5.56 Å². The van der Waals surface area contributed by atoms with Crippen molar-refractivity contribution < 1.29 is 4.79 Å². The van der Waals surface area contributed by atoms with E-state index >= 15 is 0 Å². The topological polar surface area (TPSA) is 59.8 Å². The summed E-state index contributed by atoms with van der Waals surface area (Å²) >= 11 is 6.14. The molecule has 116 valence electrons. The largest absolute Gasteiger partial charge is 0.323 e. The van der Waals surface area contributed by atoms with E-state index in [0.717, 1.165) is 16.8 Å². The van der Waals surface area contributed by atoms with Gasteiger partial charge in [0.05, 0.1) is 16.4 Å². The molecule has 6 heteroatoms. The lowest BCUT2D eigenvalue weighted by Crippen LogP contribution is -2.20.